The molecule has 3 N–H and O–H groups in total. The summed E-state index contributed by atoms with van der Waals surface area (Å²) in [6.07, 6.45) is 7.25. The summed E-state index contributed by atoms with van der Waals surface area (Å²) in [7, 11) is 5.46. The summed E-state index contributed by atoms with van der Waals surface area (Å²) in [5, 5.41) is 9.34. The van der Waals surface area contributed by atoms with Gasteiger partial charge < -0.3 is 25.8 Å². The van der Waals surface area contributed by atoms with Crippen molar-refractivity contribution in [2.24, 2.45) is 0 Å². The molecule has 9 nitrogen and oxygen atoms in total. The first-order valence-corrected chi connectivity index (χ1v) is 12.1. The molecule has 0 unspecified atom stereocenters. The quantitative estimate of drug-likeness (QED) is 0.225. The number of unbranched alkanes of at least 4 members (excludes halogenated alkanes) is 1. The molecule has 2 amide bonds. The molecule has 0 aliphatic rings. The summed E-state index contributed by atoms with van der Waals surface area (Å²) < 4.78 is 0. The van der Waals surface area contributed by atoms with Gasteiger partial charge in [-0.25, -0.2) is 4.98 Å². The molecule has 0 fully saturated rings. The highest BCUT2D eigenvalue weighted by molar-refractivity contribution is 5.91. The first-order chi connectivity index (χ1) is 17.4. The van der Waals surface area contributed by atoms with E-state index in [9.17, 15) is 9.59 Å². The van der Waals surface area contributed by atoms with Crippen LogP contribution in [0.2, 0.25) is 0 Å². The fourth-order valence-electron chi connectivity index (χ4n) is 2.97. The van der Waals surface area contributed by atoms with Gasteiger partial charge in [0, 0.05) is 44.9 Å². The van der Waals surface area contributed by atoms with Gasteiger partial charge in [-0.05, 0) is 39.1 Å². The Morgan fingerprint density at radius 3 is 2.61 bits per heavy atom. The smallest absolute Gasteiger partial charge is 0.246 e. The predicted molar refractivity (Wildman–Crippen MR) is 145 cm³/mol. The van der Waals surface area contributed by atoms with Crippen molar-refractivity contribution in [2.45, 2.75) is 26.2 Å². The van der Waals surface area contributed by atoms with Crippen molar-refractivity contribution < 1.29 is 9.59 Å². The Balaban J connectivity index is 1.81. The molecule has 0 radical (unpaired) electrons. The molecule has 1 heterocycles. The summed E-state index contributed by atoms with van der Waals surface area (Å²) in [6, 6.07) is 9.76. The van der Waals surface area contributed by atoms with Crippen molar-refractivity contribution >= 4 is 29.3 Å². The van der Waals surface area contributed by atoms with E-state index in [4.69, 9.17) is 0 Å². The van der Waals surface area contributed by atoms with Gasteiger partial charge in [0.25, 0.3) is 0 Å². The lowest BCUT2D eigenvalue weighted by molar-refractivity contribution is -0.131. The van der Waals surface area contributed by atoms with Crippen molar-refractivity contribution in [3.8, 4) is 11.8 Å². The van der Waals surface area contributed by atoms with Gasteiger partial charge in [0.1, 0.15) is 5.82 Å². The maximum Gasteiger partial charge on any atom is 0.246 e. The fraction of sp³-hybridized carbons (Fsp3) is 0.407. The first-order valence-electron chi connectivity index (χ1n) is 12.1. The van der Waals surface area contributed by atoms with Gasteiger partial charge in [-0.1, -0.05) is 43.0 Å². The zero-order chi connectivity index (χ0) is 26.2. The highest BCUT2D eigenvalue weighted by atomic mass is 16.2. The molecule has 0 saturated heterocycles. The molecular weight excluding hydrogens is 454 g/mol. The molecule has 2 rings (SSSR count). The van der Waals surface area contributed by atoms with Gasteiger partial charge in [0.2, 0.25) is 17.8 Å². The molecule has 0 aliphatic carbocycles. The SMILES string of the molecule is CCCNc1nc(Nc2ccccc2)ncc1C#CCCCNC(=O)CN(C)C(=O)/C=C/CN(C)C. The third-order valence-corrected chi connectivity index (χ3v) is 4.87. The monoisotopic (exact) mass is 491 g/mol. The Labute approximate surface area is 214 Å². The number of aromatic nitrogens is 2. The first kappa shape index (κ1) is 28.3. The van der Waals surface area contributed by atoms with E-state index in [-0.39, 0.29) is 18.4 Å². The van der Waals surface area contributed by atoms with Gasteiger partial charge >= 0.3 is 0 Å². The van der Waals surface area contributed by atoms with Crippen LogP contribution in [0.4, 0.5) is 17.5 Å². The standard InChI is InChI=1S/C27H37N7O2/c1-5-17-29-26-22(20-30-27(32-26)31-23-14-9-6-10-15-23)13-8-7-11-18-28-24(35)21-34(4)25(36)16-12-19-33(2)3/h6,9-10,12,14-16,20H,5,7,11,17-19,21H2,1-4H3,(H,28,35)(H2,29,30,31,32)/b16-12+. The highest BCUT2D eigenvalue weighted by Crippen LogP contribution is 2.17. The van der Waals surface area contributed by atoms with Crippen LogP contribution in [0.25, 0.3) is 0 Å². The lowest BCUT2D eigenvalue weighted by Crippen LogP contribution is -2.38. The zero-order valence-electron chi connectivity index (χ0n) is 21.7. The number of hydrogen-bond donors (Lipinski definition) is 3. The van der Waals surface area contributed by atoms with E-state index in [1.165, 1.54) is 11.0 Å². The van der Waals surface area contributed by atoms with Crippen molar-refractivity contribution in [1.29, 1.82) is 0 Å². The topological polar surface area (TPSA) is 102 Å². The molecule has 192 valence electrons. The average molecular weight is 492 g/mol. The van der Waals surface area contributed by atoms with Gasteiger partial charge in [0.05, 0.1) is 18.3 Å². The number of amides is 2. The number of benzene rings is 1. The number of anilines is 3. The van der Waals surface area contributed by atoms with Gasteiger partial charge in [0.15, 0.2) is 0 Å². The third kappa shape index (κ3) is 11.0. The molecule has 1 aromatic carbocycles. The Hall–Kier alpha value is -3.90. The van der Waals surface area contributed by atoms with Crippen molar-refractivity contribution in [3.05, 3.63) is 54.2 Å². The van der Waals surface area contributed by atoms with Crippen LogP contribution in [-0.4, -0.2) is 78.9 Å². The van der Waals surface area contributed by atoms with Crippen molar-refractivity contribution in [1.82, 2.24) is 25.1 Å². The molecule has 0 atom stereocenters. The molecule has 0 saturated carbocycles. The Kier molecular flexibility index (Phi) is 12.5. The largest absolute Gasteiger partial charge is 0.369 e. The van der Waals surface area contributed by atoms with E-state index >= 15 is 0 Å². The average Bonchev–Trinajstić information content (AvgIpc) is 2.86. The number of nitrogens with zero attached hydrogens (tertiary/aromatic N) is 4. The number of hydrogen-bond acceptors (Lipinski definition) is 7. The summed E-state index contributed by atoms with van der Waals surface area (Å²) in [6.45, 7) is 4.05. The van der Waals surface area contributed by atoms with Gasteiger partial charge in [-0.15, -0.1) is 0 Å². The molecule has 2 aromatic rings. The van der Waals surface area contributed by atoms with Gasteiger partial charge in [-0.3, -0.25) is 9.59 Å². The Morgan fingerprint density at radius 1 is 1.11 bits per heavy atom. The van der Waals surface area contributed by atoms with Crippen LogP contribution in [-0.2, 0) is 9.59 Å². The molecule has 0 aliphatic heterocycles. The van der Waals surface area contributed by atoms with Crippen LogP contribution in [0, 0.1) is 11.8 Å². The van der Waals surface area contributed by atoms with Gasteiger partial charge in [-0.2, -0.15) is 4.98 Å². The summed E-state index contributed by atoms with van der Waals surface area (Å²) in [5.74, 6) is 7.07. The number of carbonyl (C=O) groups is 2. The molecule has 0 bridgehead atoms. The van der Waals surface area contributed by atoms with Crippen molar-refractivity contribution in [2.75, 3.05) is 58.0 Å². The number of carbonyl (C=O) groups excluding carboxylic acids is 2. The minimum Gasteiger partial charge on any atom is -0.369 e. The Morgan fingerprint density at radius 2 is 1.89 bits per heavy atom. The van der Waals surface area contributed by atoms with E-state index < -0.39 is 0 Å². The summed E-state index contributed by atoms with van der Waals surface area (Å²) in [5.41, 5.74) is 1.64. The second-order valence-electron chi connectivity index (χ2n) is 8.49. The van der Waals surface area contributed by atoms with E-state index in [1.54, 1.807) is 19.3 Å². The number of para-hydroxylation sites is 1. The lowest BCUT2D eigenvalue weighted by Gasteiger charge is -2.14. The van der Waals surface area contributed by atoms with Crippen LogP contribution in [0.15, 0.2) is 48.7 Å². The molecule has 1 aromatic heterocycles. The van der Waals surface area contributed by atoms with Crippen LogP contribution in [0.5, 0.6) is 0 Å². The van der Waals surface area contributed by atoms with E-state index in [2.05, 4.69) is 44.7 Å². The Bertz CT molecular complexity index is 1060. The molecular formula is C27H37N7O2. The van der Waals surface area contributed by atoms with Crippen molar-refractivity contribution in [3.63, 3.8) is 0 Å². The van der Waals surface area contributed by atoms with E-state index in [1.807, 2.05) is 49.3 Å². The second kappa shape index (κ2) is 15.9. The third-order valence-electron chi connectivity index (χ3n) is 4.87. The van der Waals surface area contributed by atoms with E-state index in [0.717, 1.165) is 24.2 Å². The zero-order valence-corrected chi connectivity index (χ0v) is 21.7. The summed E-state index contributed by atoms with van der Waals surface area (Å²) in [4.78, 5) is 36.4. The van der Waals surface area contributed by atoms with E-state index in [0.29, 0.717) is 37.7 Å². The lowest BCUT2D eigenvalue weighted by atomic mass is 10.2. The van der Waals surface area contributed by atoms with Crippen LogP contribution in [0.3, 0.4) is 0 Å². The van der Waals surface area contributed by atoms with Crippen LogP contribution < -0.4 is 16.0 Å². The minimum absolute atomic E-state index is 0.0178. The fourth-order valence-corrected chi connectivity index (χ4v) is 2.97. The maximum atomic E-state index is 12.1. The maximum absolute atomic E-state index is 12.1. The molecule has 9 heteroatoms. The predicted octanol–water partition coefficient (Wildman–Crippen LogP) is 2.87. The molecule has 0 spiro atoms. The molecule has 36 heavy (non-hydrogen) atoms. The number of nitrogens with one attached hydrogen (secondary N) is 3. The highest BCUT2D eigenvalue weighted by Gasteiger charge is 2.10. The normalized spacial score (nSPS) is 10.6. The number of likely N-dealkylation sites (N-methyl/N-ethyl adjacent to an activating group) is 2. The van der Waals surface area contributed by atoms with Crippen LogP contribution in [0.1, 0.15) is 31.7 Å². The minimum atomic E-state index is -0.197. The second-order valence-corrected chi connectivity index (χ2v) is 8.49. The van der Waals surface area contributed by atoms with Crippen LogP contribution >= 0.6 is 0 Å². The summed E-state index contributed by atoms with van der Waals surface area (Å²) >= 11 is 0. The number of rotatable bonds is 13.